The van der Waals surface area contributed by atoms with Gasteiger partial charge in [0, 0.05) is 51.5 Å². The second-order valence-corrected chi connectivity index (χ2v) is 8.46. The van der Waals surface area contributed by atoms with E-state index in [0.717, 1.165) is 63.4 Å². The van der Waals surface area contributed by atoms with E-state index >= 15 is 0 Å². The number of amides is 1. The quantitative estimate of drug-likeness (QED) is 0.665. The third kappa shape index (κ3) is 3.82. The lowest BCUT2D eigenvalue weighted by Crippen LogP contribution is -2.50. The molecular formula is C23H28N6O. The summed E-state index contributed by atoms with van der Waals surface area (Å²) >= 11 is 0. The van der Waals surface area contributed by atoms with Crippen LogP contribution in [0.15, 0.2) is 48.9 Å². The first-order valence-corrected chi connectivity index (χ1v) is 10.7. The number of rotatable bonds is 4. The second kappa shape index (κ2) is 8.16. The first kappa shape index (κ1) is 19.2. The SMILES string of the molecule is CN1CCN(C2CCN(C(=O)c3cnc4c(c3)ncn4Cc3ccccc3)C2)CC1. The highest BCUT2D eigenvalue weighted by Crippen LogP contribution is 2.21. The summed E-state index contributed by atoms with van der Waals surface area (Å²) in [6.45, 7) is 6.74. The van der Waals surface area contributed by atoms with Crippen LogP contribution >= 0.6 is 0 Å². The van der Waals surface area contributed by atoms with Crippen molar-refractivity contribution in [3.8, 4) is 0 Å². The van der Waals surface area contributed by atoms with Crippen LogP contribution in [0, 0.1) is 0 Å². The molecule has 0 radical (unpaired) electrons. The highest BCUT2D eigenvalue weighted by Gasteiger charge is 2.32. The fourth-order valence-electron chi connectivity index (χ4n) is 4.56. The summed E-state index contributed by atoms with van der Waals surface area (Å²) in [6.07, 6.45) is 4.56. The molecule has 7 heteroatoms. The van der Waals surface area contributed by atoms with Gasteiger partial charge in [-0.25, -0.2) is 9.97 Å². The van der Waals surface area contributed by atoms with Crippen LogP contribution in [-0.2, 0) is 6.54 Å². The molecule has 1 aromatic carbocycles. The number of carbonyl (C=O) groups is 1. The molecule has 0 N–H and O–H groups in total. The van der Waals surface area contributed by atoms with Gasteiger partial charge in [-0.15, -0.1) is 0 Å². The average molecular weight is 405 g/mol. The molecule has 1 atom stereocenters. The minimum atomic E-state index is 0.0682. The van der Waals surface area contributed by atoms with Gasteiger partial charge in [-0.3, -0.25) is 9.69 Å². The molecule has 2 fully saturated rings. The number of piperazine rings is 1. The van der Waals surface area contributed by atoms with Crippen LogP contribution in [0.3, 0.4) is 0 Å². The van der Waals surface area contributed by atoms with Gasteiger partial charge >= 0.3 is 0 Å². The number of likely N-dealkylation sites (N-methyl/N-ethyl adjacent to an activating group) is 1. The first-order valence-electron chi connectivity index (χ1n) is 10.7. The second-order valence-electron chi connectivity index (χ2n) is 8.46. The maximum Gasteiger partial charge on any atom is 0.255 e. The summed E-state index contributed by atoms with van der Waals surface area (Å²) in [7, 11) is 2.17. The summed E-state index contributed by atoms with van der Waals surface area (Å²) in [5, 5.41) is 0. The number of nitrogens with zero attached hydrogens (tertiary/aromatic N) is 6. The summed E-state index contributed by atoms with van der Waals surface area (Å²) in [6, 6.07) is 12.6. The van der Waals surface area contributed by atoms with Crippen LogP contribution in [0.25, 0.3) is 11.2 Å². The van der Waals surface area contributed by atoms with Crippen molar-refractivity contribution in [2.45, 2.75) is 19.0 Å². The van der Waals surface area contributed by atoms with Crippen LogP contribution in [0.5, 0.6) is 0 Å². The summed E-state index contributed by atoms with van der Waals surface area (Å²) in [5.74, 6) is 0.0682. The number of likely N-dealkylation sites (tertiary alicyclic amines) is 1. The Labute approximate surface area is 176 Å². The molecule has 4 heterocycles. The van der Waals surface area contributed by atoms with Gasteiger partial charge in [0.25, 0.3) is 5.91 Å². The van der Waals surface area contributed by atoms with Crippen molar-refractivity contribution in [1.82, 2.24) is 29.2 Å². The van der Waals surface area contributed by atoms with Gasteiger partial charge in [-0.2, -0.15) is 0 Å². The summed E-state index contributed by atoms with van der Waals surface area (Å²) < 4.78 is 2.03. The van der Waals surface area contributed by atoms with Crippen LogP contribution in [-0.4, -0.2) is 87.5 Å². The zero-order chi connectivity index (χ0) is 20.5. The predicted octanol–water partition coefficient (Wildman–Crippen LogP) is 1.94. The summed E-state index contributed by atoms with van der Waals surface area (Å²) in [4.78, 5) is 29.1. The van der Waals surface area contributed by atoms with Gasteiger partial charge in [-0.1, -0.05) is 30.3 Å². The van der Waals surface area contributed by atoms with Crippen molar-refractivity contribution < 1.29 is 4.79 Å². The largest absolute Gasteiger partial charge is 0.337 e. The number of pyridine rings is 1. The van der Waals surface area contributed by atoms with Gasteiger partial charge in [0.15, 0.2) is 5.65 Å². The molecule has 0 spiro atoms. The van der Waals surface area contributed by atoms with Crippen molar-refractivity contribution in [2.75, 3.05) is 46.3 Å². The smallest absolute Gasteiger partial charge is 0.255 e. The molecule has 1 amide bonds. The molecule has 2 saturated heterocycles. The van der Waals surface area contributed by atoms with Crippen LogP contribution in [0.2, 0.25) is 0 Å². The Bertz CT molecular complexity index is 1020. The van der Waals surface area contributed by atoms with Crippen LogP contribution < -0.4 is 0 Å². The van der Waals surface area contributed by atoms with Crippen molar-refractivity contribution >= 4 is 17.1 Å². The van der Waals surface area contributed by atoms with Crippen molar-refractivity contribution in [3.05, 3.63) is 60.0 Å². The van der Waals surface area contributed by atoms with Gasteiger partial charge in [0.1, 0.15) is 5.52 Å². The van der Waals surface area contributed by atoms with E-state index in [1.54, 1.807) is 12.5 Å². The van der Waals surface area contributed by atoms with Gasteiger partial charge in [0.2, 0.25) is 0 Å². The van der Waals surface area contributed by atoms with Gasteiger partial charge < -0.3 is 14.4 Å². The van der Waals surface area contributed by atoms with E-state index in [1.165, 1.54) is 5.56 Å². The molecule has 2 aromatic heterocycles. The summed E-state index contributed by atoms with van der Waals surface area (Å²) in [5.41, 5.74) is 3.41. The Morgan fingerprint density at radius 2 is 1.87 bits per heavy atom. The number of aromatic nitrogens is 3. The zero-order valence-electron chi connectivity index (χ0n) is 17.4. The molecule has 7 nitrogen and oxygen atoms in total. The van der Waals surface area contributed by atoms with Crippen LogP contribution in [0.4, 0.5) is 0 Å². The molecule has 1 unspecified atom stereocenters. The number of benzene rings is 1. The molecular weight excluding hydrogens is 376 g/mol. The standard InChI is InChI=1S/C23H28N6O/c1-26-9-11-27(12-10-26)20-7-8-28(16-20)23(30)19-13-21-22(24-14-19)29(17-25-21)15-18-5-3-2-4-6-18/h2-6,13-14,17,20H,7-12,15-16H2,1H3. The Hall–Kier alpha value is -2.77. The van der Waals surface area contributed by atoms with Crippen molar-refractivity contribution in [2.24, 2.45) is 0 Å². The number of carbonyl (C=O) groups excluding carboxylic acids is 1. The first-order chi connectivity index (χ1) is 14.7. The maximum absolute atomic E-state index is 13.1. The van der Waals surface area contributed by atoms with E-state index in [-0.39, 0.29) is 5.91 Å². The van der Waals surface area contributed by atoms with E-state index < -0.39 is 0 Å². The van der Waals surface area contributed by atoms with Crippen molar-refractivity contribution in [1.29, 1.82) is 0 Å². The molecule has 0 aliphatic carbocycles. The Morgan fingerprint density at radius 3 is 2.67 bits per heavy atom. The number of hydrogen-bond acceptors (Lipinski definition) is 5. The van der Waals surface area contributed by atoms with E-state index in [4.69, 9.17) is 0 Å². The fraction of sp³-hybridized carbons (Fsp3) is 0.435. The van der Waals surface area contributed by atoms with Crippen LogP contribution in [0.1, 0.15) is 22.3 Å². The average Bonchev–Trinajstić information content (AvgIpc) is 3.42. The molecule has 5 rings (SSSR count). The molecule has 156 valence electrons. The minimum Gasteiger partial charge on any atom is -0.337 e. The Kier molecular flexibility index (Phi) is 5.23. The lowest BCUT2D eigenvalue weighted by Gasteiger charge is -2.36. The third-order valence-corrected chi connectivity index (χ3v) is 6.40. The van der Waals surface area contributed by atoms with E-state index in [2.05, 4.69) is 38.9 Å². The minimum absolute atomic E-state index is 0.0682. The molecule has 0 bridgehead atoms. The Morgan fingerprint density at radius 1 is 1.07 bits per heavy atom. The Balaban J connectivity index is 1.27. The highest BCUT2D eigenvalue weighted by molar-refractivity contribution is 5.96. The molecule has 3 aromatic rings. The fourth-order valence-corrected chi connectivity index (χ4v) is 4.56. The van der Waals surface area contributed by atoms with Gasteiger partial charge in [0.05, 0.1) is 18.4 Å². The molecule has 2 aliphatic rings. The van der Waals surface area contributed by atoms with E-state index in [1.807, 2.05) is 33.7 Å². The van der Waals surface area contributed by atoms with Gasteiger partial charge in [-0.05, 0) is 25.1 Å². The highest BCUT2D eigenvalue weighted by atomic mass is 16.2. The lowest BCUT2D eigenvalue weighted by atomic mass is 10.2. The molecule has 30 heavy (non-hydrogen) atoms. The monoisotopic (exact) mass is 404 g/mol. The topological polar surface area (TPSA) is 57.5 Å². The maximum atomic E-state index is 13.1. The molecule has 0 saturated carbocycles. The van der Waals surface area contributed by atoms with E-state index in [9.17, 15) is 4.79 Å². The third-order valence-electron chi connectivity index (χ3n) is 6.40. The van der Waals surface area contributed by atoms with Crippen molar-refractivity contribution in [3.63, 3.8) is 0 Å². The zero-order valence-corrected chi connectivity index (χ0v) is 17.4. The number of fused-ring (bicyclic) bond motifs is 1. The number of hydrogen-bond donors (Lipinski definition) is 0. The lowest BCUT2D eigenvalue weighted by molar-refractivity contribution is 0.0755. The predicted molar refractivity (Wildman–Crippen MR) is 116 cm³/mol. The normalized spacial score (nSPS) is 20.8. The molecule has 2 aliphatic heterocycles. The van der Waals surface area contributed by atoms with E-state index in [0.29, 0.717) is 11.6 Å². The number of imidazole rings is 1.